The summed E-state index contributed by atoms with van der Waals surface area (Å²) in [6, 6.07) is 13.3. The lowest BCUT2D eigenvalue weighted by Gasteiger charge is -2.31. The van der Waals surface area contributed by atoms with Crippen molar-refractivity contribution in [3.05, 3.63) is 48.0 Å². The Hall–Kier alpha value is -2.29. The van der Waals surface area contributed by atoms with Crippen LogP contribution in [-0.2, 0) is 16.8 Å². The fourth-order valence-corrected chi connectivity index (χ4v) is 2.94. The summed E-state index contributed by atoms with van der Waals surface area (Å²) < 4.78 is 35.1. The molecule has 0 aliphatic carbocycles. The van der Waals surface area contributed by atoms with Gasteiger partial charge in [-0.05, 0) is 29.8 Å². The number of nitrogens with one attached hydrogen (secondary N) is 1. The highest BCUT2D eigenvalue weighted by atomic mass is 32.2. The van der Waals surface area contributed by atoms with E-state index in [2.05, 4.69) is 9.62 Å². The molecule has 0 aromatic heterocycles. The first-order valence-corrected chi connectivity index (χ1v) is 8.95. The molecule has 0 saturated carbocycles. The Morgan fingerprint density at radius 3 is 2.67 bits per heavy atom. The van der Waals surface area contributed by atoms with E-state index in [1.165, 1.54) is 0 Å². The molecule has 7 nitrogen and oxygen atoms in total. The maximum Gasteiger partial charge on any atom is 0.274 e. The van der Waals surface area contributed by atoms with Crippen molar-refractivity contribution in [3.63, 3.8) is 0 Å². The van der Waals surface area contributed by atoms with Crippen molar-refractivity contribution in [2.24, 2.45) is 5.14 Å². The van der Waals surface area contributed by atoms with E-state index >= 15 is 0 Å². The molecule has 2 aromatic carbocycles. The van der Waals surface area contributed by atoms with E-state index in [-0.39, 0.29) is 6.54 Å². The highest BCUT2D eigenvalue weighted by Gasteiger charge is 2.20. The Morgan fingerprint density at radius 2 is 2.00 bits per heavy atom. The number of nitrogens with two attached hydrogens (primary N) is 1. The molecule has 2 aromatic rings. The van der Waals surface area contributed by atoms with E-state index in [4.69, 9.17) is 14.6 Å². The average molecular weight is 349 g/mol. The minimum Gasteiger partial charge on any atom is -0.497 e. The maximum atomic E-state index is 10.9. The van der Waals surface area contributed by atoms with Crippen LogP contribution < -0.4 is 24.2 Å². The Balaban J connectivity index is 1.81. The van der Waals surface area contributed by atoms with Crippen molar-refractivity contribution in [3.8, 4) is 11.5 Å². The lowest BCUT2D eigenvalue weighted by atomic mass is 10.1. The molecule has 0 atom stereocenters. The molecule has 0 fully saturated rings. The summed E-state index contributed by atoms with van der Waals surface area (Å²) in [5, 5.41) is 4.94. The number of hydrogen-bond donors (Lipinski definition) is 2. The summed E-state index contributed by atoms with van der Waals surface area (Å²) in [5.74, 6) is 1.53. The number of fused-ring (bicyclic) bond motifs is 1. The van der Waals surface area contributed by atoms with Crippen LogP contribution in [0.1, 0.15) is 5.56 Å². The third-order valence-corrected chi connectivity index (χ3v) is 4.30. The van der Waals surface area contributed by atoms with Crippen molar-refractivity contribution >= 4 is 21.6 Å². The molecule has 1 heterocycles. The lowest BCUT2D eigenvalue weighted by molar-refractivity contribution is 0.311. The van der Waals surface area contributed by atoms with E-state index in [0.29, 0.717) is 6.61 Å². The molecule has 8 heteroatoms. The number of methoxy groups -OCH3 is 1. The lowest BCUT2D eigenvalue weighted by Crippen LogP contribution is -2.30. The molecule has 0 bridgehead atoms. The highest BCUT2D eigenvalue weighted by Crippen LogP contribution is 2.38. The molecule has 0 radical (unpaired) electrons. The minimum atomic E-state index is -3.69. The third-order valence-electron chi connectivity index (χ3n) is 3.76. The first-order chi connectivity index (χ1) is 11.5. The molecule has 24 heavy (non-hydrogen) atoms. The van der Waals surface area contributed by atoms with Gasteiger partial charge in [-0.1, -0.05) is 12.1 Å². The summed E-state index contributed by atoms with van der Waals surface area (Å²) in [5.41, 5.74) is 2.80. The SMILES string of the molecule is COc1ccc2c(c1)OCCN2c1ccc(CNS(N)(=O)=O)cc1. The summed E-state index contributed by atoms with van der Waals surface area (Å²) in [6.45, 7) is 1.47. The summed E-state index contributed by atoms with van der Waals surface area (Å²) in [4.78, 5) is 2.15. The van der Waals surface area contributed by atoms with Crippen molar-refractivity contribution in [2.45, 2.75) is 6.54 Å². The quantitative estimate of drug-likeness (QED) is 0.853. The Morgan fingerprint density at radius 1 is 1.25 bits per heavy atom. The van der Waals surface area contributed by atoms with Crippen LogP contribution in [0.5, 0.6) is 11.5 Å². The minimum absolute atomic E-state index is 0.163. The second-order valence-corrected chi connectivity index (χ2v) is 6.75. The van der Waals surface area contributed by atoms with Gasteiger partial charge < -0.3 is 14.4 Å². The van der Waals surface area contributed by atoms with Gasteiger partial charge in [-0.15, -0.1) is 0 Å². The number of hydrogen-bond acceptors (Lipinski definition) is 5. The van der Waals surface area contributed by atoms with Crippen molar-refractivity contribution < 1.29 is 17.9 Å². The summed E-state index contributed by atoms with van der Waals surface area (Å²) in [7, 11) is -2.07. The van der Waals surface area contributed by atoms with Gasteiger partial charge in [0.2, 0.25) is 0 Å². The zero-order valence-corrected chi connectivity index (χ0v) is 14.0. The number of benzene rings is 2. The zero-order valence-electron chi connectivity index (χ0n) is 13.2. The van der Waals surface area contributed by atoms with Crippen LogP contribution in [0.3, 0.4) is 0 Å². The predicted octanol–water partition coefficient (Wildman–Crippen LogP) is 1.52. The van der Waals surface area contributed by atoms with Gasteiger partial charge in [0.15, 0.2) is 0 Å². The second kappa shape index (κ2) is 6.68. The Labute approximate surface area is 141 Å². The fraction of sp³-hybridized carbons (Fsp3) is 0.250. The number of anilines is 2. The summed E-state index contributed by atoms with van der Waals surface area (Å²) >= 11 is 0. The fourth-order valence-electron chi connectivity index (χ4n) is 2.57. The standard InChI is InChI=1S/C16H19N3O4S/c1-22-14-6-7-15-16(10-14)23-9-8-19(15)13-4-2-12(3-5-13)11-18-24(17,20)21/h2-7,10,18H,8-9,11H2,1H3,(H2,17,20,21). The van der Waals surface area contributed by atoms with E-state index in [1.54, 1.807) is 7.11 Å². The average Bonchev–Trinajstić information content (AvgIpc) is 2.59. The third kappa shape index (κ3) is 3.78. The normalized spacial score (nSPS) is 14.0. The topological polar surface area (TPSA) is 93.9 Å². The molecule has 0 amide bonds. The molecule has 0 unspecified atom stereocenters. The Bertz CT molecular complexity index is 822. The van der Waals surface area contributed by atoms with Crippen molar-refractivity contribution in [2.75, 3.05) is 25.2 Å². The first kappa shape index (κ1) is 16.6. The second-order valence-electron chi connectivity index (χ2n) is 5.37. The molecule has 3 rings (SSSR count). The van der Waals surface area contributed by atoms with Crippen LogP contribution in [-0.4, -0.2) is 28.7 Å². The molecule has 3 N–H and O–H groups in total. The van der Waals surface area contributed by atoms with Gasteiger partial charge in [-0.25, -0.2) is 5.14 Å². The van der Waals surface area contributed by atoms with E-state index < -0.39 is 10.2 Å². The smallest absolute Gasteiger partial charge is 0.274 e. The van der Waals surface area contributed by atoms with Gasteiger partial charge >= 0.3 is 0 Å². The van der Waals surface area contributed by atoms with Crippen LogP contribution >= 0.6 is 0 Å². The molecule has 0 saturated heterocycles. The first-order valence-electron chi connectivity index (χ1n) is 7.41. The zero-order chi connectivity index (χ0) is 17.2. The predicted molar refractivity (Wildman–Crippen MR) is 91.9 cm³/mol. The highest BCUT2D eigenvalue weighted by molar-refractivity contribution is 7.87. The van der Waals surface area contributed by atoms with Crippen LogP contribution in [0, 0.1) is 0 Å². The van der Waals surface area contributed by atoms with Gasteiger partial charge in [0.1, 0.15) is 18.1 Å². The summed E-state index contributed by atoms with van der Waals surface area (Å²) in [6.07, 6.45) is 0. The van der Waals surface area contributed by atoms with E-state index in [9.17, 15) is 8.42 Å². The van der Waals surface area contributed by atoms with Crippen LogP contribution in [0.4, 0.5) is 11.4 Å². The largest absolute Gasteiger partial charge is 0.497 e. The van der Waals surface area contributed by atoms with Gasteiger partial charge in [0.25, 0.3) is 10.2 Å². The molecule has 1 aliphatic heterocycles. The van der Waals surface area contributed by atoms with Crippen molar-refractivity contribution in [1.82, 2.24) is 4.72 Å². The Kier molecular flexibility index (Phi) is 4.61. The number of nitrogens with zero attached hydrogens (tertiary/aromatic N) is 1. The van der Waals surface area contributed by atoms with Crippen LogP contribution in [0.15, 0.2) is 42.5 Å². The number of rotatable bonds is 5. The monoisotopic (exact) mass is 349 g/mol. The van der Waals surface area contributed by atoms with E-state index in [0.717, 1.165) is 35.0 Å². The van der Waals surface area contributed by atoms with Gasteiger partial charge in [0.05, 0.1) is 19.3 Å². The molecular weight excluding hydrogens is 330 g/mol. The maximum absolute atomic E-state index is 10.9. The molecule has 1 aliphatic rings. The van der Waals surface area contributed by atoms with E-state index in [1.807, 2.05) is 42.5 Å². The molecular formula is C16H19N3O4S. The molecule has 128 valence electrons. The van der Waals surface area contributed by atoms with Crippen LogP contribution in [0.25, 0.3) is 0 Å². The van der Waals surface area contributed by atoms with Gasteiger partial charge in [-0.2, -0.15) is 13.1 Å². The van der Waals surface area contributed by atoms with Crippen LogP contribution in [0.2, 0.25) is 0 Å². The van der Waals surface area contributed by atoms with Gasteiger partial charge in [-0.3, -0.25) is 0 Å². The van der Waals surface area contributed by atoms with Gasteiger partial charge in [0, 0.05) is 18.3 Å². The number of ether oxygens (including phenoxy) is 2. The molecule has 0 spiro atoms. The van der Waals surface area contributed by atoms with Crippen molar-refractivity contribution in [1.29, 1.82) is 0 Å².